The third-order valence-electron chi connectivity index (χ3n) is 4.93. The molecule has 26 heavy (non-hydrogen) atoms. The van der Waals surface area contributed by atoms with Crippen LogP contribution >= 0.6 is 0 Å². The average molecular weight is 351 g/mol. The Balaban J connectivity index is 1.63. The van der Waals surface area contributed by atoms with Gasteiger partial charge in [-0.2, -0.15) is 0 Å². The van der Waals surface area contributed by atoms with Crippen LogP contribution in [0.1, 0.15) is 5.56 Å². The van der Waals surface area contributed by atoms with Gasteiger partial charge in [-0.05, 0) is 30.2 Å². The van der Waals surface area contributed by atoms with Crippen LogP contribution in [0.3, 0.4) is 0 Å². The molecule has 2 aromatic carbocycles. The average Bonchev–Trinajstić information content (AvgIpc) is 3.06. The Kier molecular flexibility index (Phi) is 4.69. The van der Waals surface area contributed by atoms with Crippen LogP contribution in [0.5, 0.6) is 0 Å². The minimum atomic E-state index is -0.370. The predicted octanol–water partition coefficient (Wildman–Crippen LogP) is 3.41. The molecule has 0 amide bonds. The van der Waals surface area contributed by atoms with E-state index in [0.717, 1.165) is 50.5 Å². The minimum absolute atomic E-state index is 0.109. The van der Waals surface area contributed by atoms with E-state index in [1.54, 1.807) is 24.3 Å². The molecule has 0 bridgehead atoms. The Labute approximate surface area is 151 Å². The third-order valence-corrected chi connectivity index (χ3v) is 4.93. The van der Waals surface area contributed by atoms with Gasteiger partial charge in [0.1, 0.15) is 0 Å². The summed E-state index contributed by atoms with van der Waals surface area (Å²) in [6.45, 7) is 4.61. The molecule has 1 fully saturated rings. The van der Waals surface area contributed by atoms with Gasteiger partial charge >= 0.3 is 0 Å². The van der Waals surface area contributed by atoms with E-state index in [-0.39, 0.29) is 10.6 Å². The van der Waals surface area contributed by atoms with Crippen molar-refractivity contribution in [2.45, 2.75) is 6.42 Å². The van der Waals surface area contributed by atoms with Crippen LogP contribution in [0.2, 0.25) is 0 Å². The molecule has 2 heterocycles. The van der Waals surface area contributed by atoms with Gasteiger partial charge in [-0.25, -0.2) is 0 Å². The lowest BCUT2D eigenvalue weighted by Crippen LogP contribution is -2.37. The molecule has 6 nitrogen and oxygen atoms in total. The van der Waals surface area contributed by atoms with E-state index in [9.17, 15) is 10.1 Å². The molecule has 1 saturated heterocycles. The van der Waals surface area contributed by atoms with Crippen molar-refractivity contribution in [1.82, 2.24) is 9.47 Å². The van der Waals surface area contributed by atoms with Gasteiger partial charge in [0.25, 0.3) is 5.69 Å². The van der Waals surface area contributed by atoms with Gasteiger partial charge in [-0.1, -0.05) is 18.2 Å². The summed E-state index contributed by atoms with van der Waals surface area (Å²) in [6, 6.07) is 15.0. The maximum atomic E-state index is 10.9. The molecule has 6 heteroatoms. The molecule has 0 radical (unpaired) electrons. The van der Waals surface area contributed by atoms with Crippen molar-refractivity contribution in [3.63, 3.8) is 0 Å². The molecule has 0 spiro atoms. The lowest BCUT2D eigenvalue weighted by molar-refractivity contribution is -0.384. The van der Waals surface area contributed by atoms with Crippen molar-refractivity contribution in [3.8, 4) is 5.69 Å². The Morgan fingerprint density at radius 1 is 1.04 bits per heavy atom. The van der Waals surface area contributed by atoms with E-state index in [0.29, 0.717) is 0 Å². The quantitative estimate of drug-likeness (QED) is 0.522. The van der Waals surface area contributed by atoms with Gasteiger partial charge < -0.3 is 9.30 Å². The van der Waals surface area contributed by atoms with Crippen LogP contribution < -0.4 is 0 Å². The molecular weight excluding hydrogens is 330 g/mol. The van der Waals surface area contributed by atoms with Crippen molar-refractivity contribution in [2.24, 2.45) is 0 Å². The Morgan fingerprint density at radius 2 is 1.77 bits per heavy atom. The van der Waals surface area contributed by atoms with E-state index in [1.165, 1.54) is 10.9 Å². The Bertz CT molecular complexity index is 912. The molecule has 1 aromatic heterocycles. The maximum absolute atomic E-state index is 10.9. The minimum Gasteiger partial charge on any atom is -0.379 e. The zero-order valence-electron chi connectivity index (χ0n) is 14.5. The Hall–Kier alpha value is -2.70. The number of nitro groups is 1. The summed E-state index contributed by atoms with van der Waals surface area (Å²) < 4.78 is 7.54. The highest BCUT2D eigenvalue weighted by molar-refractivity contribution is 5.85. The first-order valence-corrected chi connectivity index (χ1v) is 8.86. The molecule has 4 rings (SSSR count). The van der Waals surface area contributed by atoms with Gasteiger partial charge in [-0.15, -0.1) is 0 Å². The molecule has 0 unspecified atom stereocenters. The number of aromatic nitrogens is 1. The van der Waals surface area contributed by atoms with Crippen molar-refractivity contribution in [1.29, 1.82) is 0 Å². The fourth-order valence-corrected chi connectivity index (χ4v) is 3.50. The summed E-state index contributed by atoms with van der Waals surface area (Å²) in [6.07, 6.45) is 3.13. The van der Waals surface area contributed by atoms with E-state index in [1.807, 2.05) is 6.07 Å². The molecule has 3 aromatic rings. The normalized spacial score (nSPS) is 15.4. The molecule has 0 saturated carbocycles. The zero-order valence-corrected chi connectivity index (χ0v) is 14.5. The van der Waals surface area contributed by atoms with Gasteiger partial charge in [-0.3, -0.25) is 15.0 Å². The number of ether oxygens (including phenoxy) is 1. The first kappa shape index (κ1) is 16.8. The van der Waals surface area contributed by atoms with Gasteiger partial charge in [0.05, 0.1) is 23.7 Å². The van der Waals surface area contributed by atoms with E-state index >= 15 is 0 Å². The second-order valence-corrected chi connectivity index (χ2v) is 6.52. The first-order valence-electron chi connectivity index (χ1n) is 8.86. The predicted molar refractivity (Wildman–Crippen MR) is 101 cm³/mol. The summed E-state index contributed by atoms with van der Waals surface area (Å²) in [7, 11) is 0. The van der Waals surface area contributed by atoms with Crippen LogP contribution in [0.15, 0.2) is 54.7 Å². The van der Waals surface area contributed by atoms with E-state index < -0.39 is 0 Å². The van der Waals surface area contributed by atoms with Crippen molar-refractivity contribution in [3.05, 3.63) is 70.4 Å². The summed E-state index contributed by atoms with van der Waals surface area (Å²) in [4.78, 5) is 12.9. The number of morpholine rings is 1. The summed E-state index contributed by atoms with van der Waals surface area (Å²) in [5, 5.41) is 12.1. The smallest absolute Gasteiger partial charge is 0.269 e. The topological polar surface area (TPSA) is 60.5 Å². The van der Waals surface area contributed by atoms with Crippen LogP contribution in [-0.4, -0.2) is 47.2 Å². The van der Waals surface area contributed by atoms with Crippen LogP contribution in [0, 0.1) is 10.1 Å². The van der Waals surface area contributed by atoms with Crippen molar-refractivity contribution >= 4 is 16.6 Å². The molecule has 1 aliphatic heterocycles. The van der Waals surface area contributed by atoms with E-state index in [4.69, 9.17) is 4.74 Å². The number of non-ortho nitro benzene ring substituents is 1. The molecular formula is C20H21N3O3. The number of nitrogens with zero attached hydrogens (tertiary/aromatic N) is 3. The molecule has 1 aliphatic rings. The number of hydrogen-bond donors (Lipinski definition) is 0. The lowest BCUT2D eigenvalue weighted by Gasteiger charge is -2.26. The highest BCUT2D eigenvalue weighted by Gasteiger charge is 2.14. The van der Waals surface area contributed by atoms with Gasteiger partial charge in [0.2, 0.25) is 0 Å². The lowest BCUT2D eigenvalue weighted by atomic mass is 10.1. The zero-order chi connectivity index (χ0) is 17.9. The first-order chi connectivity index (χ1) is 12.7. The number of para-hydroxylation sites is 1. The summed E-state index contributed by atoms with van der Waals surface area (Å²) in [5.41, 5.74) is 3.46. The fourth-order valence-electron chi connectivity index (χ4n) is 3.50. The number of nitro benzene ring substituents is 1. The largest absolute Gasteiger partial charge is 0.379 e. The molecule has 0 atom stereocenters. The highest BCUT2D eigenvalue weighted by atomic mass is 16.6. The second kappa shape index (κ2) is 7.27. The van der Waals surface area contributed by atoms with Crippen molar-refractivity contribution in [2.75, 3.05) is 32.8 Å². The number of fused-ring (bicyclic) bond motifs is 1. The van der Waals surface area contributed by atoms with Crippen molar-refractivity contribution < 1.29 is 9.66 Å². The molecule has 0 N–H and O–H groups in total. The monoisotopic (exact) mass is 351 g/mol. The number of benzene rings is 2. The third kappa shape index (κ3) is 3.34. The summed E-state index contributed by atoms with van der Waals surface area (Å²) in [5.74, 6) is 0. The van der Waals surface area contributed by atoms with Gasteiger partial charge in [0.15, 0.2) is 0 Å². The standard InChI is InChI=1S/C20H21N3O3/c24-23(25)18-7-5-17(6-8-18)22-15-16(19-3-1-2-4-20(19)22)9-10-21-11-13-26-14-12-21/h1-8,15H,9-14H2. The highest BCUT2D eigenvalue weighted by Crippen LogP contribution is 2.26. The summed E-state index contributed by atoms with van der Waals surface area (Å²) >= 11 is 0. The van der Waals surface area contributed by atoms with Gasteiger partial charge in [0, 0.05) is 49.0 Å². The fraction of sp³-hybridized carbons (Fsp3) is 0.300. The van der Waals surface area contributed by atoms with Crippen LogP contribution in [-0.2, 0) is 11.2 Å². The number of hydrogen-bond acceptors (Lipinski definition) is 4. The van der Waals surface area contributed by atoms with Crippen LogP contribution in [0.4, 0.5) is 5.69 Å². The molecule has 134 valence electrons. The van der Waals surface area contributed by atoms with Crippen LogP contribution in [0.25, 0.3) is 16.6 Å². The SMILES string of the molecule is O=[N+]([O-])c1ccc(-n2cc(CCN3CCOCC3)c3ccccc32)cc1. The molecule has 0 aliphatic carbocycles. The second-order valence-electron chi connectivity index (χ2n) is 6.52. The Morgan fingerprint density at radius 3 is 2.50 bits per heavy atom. The maximum Gasteiger partial charge on any atom is 0.269 e. The van der Waals surface area contributed by atoms with E-state index in [2.05, 4.69) is 33.9 Å². The number of rotatable bonds is 5.